The van der Waals surface area contributed by atoms with Crippen molar-refractivity contribution in [3.63, 3.8) is 0 Å². The van der Waals surface area contributed by atoms with Crippen LogP contribution >= 0.6 is 0 Å². The van der Waals surface area contributed by atoms with Crippen molar-refractivity contribution >= 4 is 0 Å². The lowest BCUT2D eigenvalue weighted by atomic mass is 9.90. The molecule has 2 aromatic rings. The van der Waals surface area contributed by atoms with Gasteiger partial charge < -0.3 is 4.74 Å². The highest BCUT2D eigenvalue weighted by atomic mass is 19.4. The Bertz CT molecular complexity index is 652. The quantitative estimate of drug-likeness (QED) is 0.803. The van der Waals surface area contributed by atoms with Gasteiger partial charge in [0.25, 0.3) is 0 Å². The maximum Gasteiger partial charge on any atom is 0.416 e. The summed E-state index contributed by atoms with van der Waals surface area (Å²) in [6.45, 7) is 4.69. The number of aryl methyl sites for hydroxylation is 1. The zero-order valence-electron chi connectivity index (χ0n) is 13.4. The van der Waals surface area contributed by atoms with Crippen molar-refractivity contribution in [3.05, 3.63) is 41.2 Å². The van der Waals surface area contributed by atoms with Crippen LogP contribution in [0.4, 0.5) is 13.2 Å². The SMILES string of the molecule is CCC(Cc1cn(CC)nn1)c1ccc(C(F)(F)F)cc1OC. The molecular weight excluding hydrogens is 307 g/mol. The first-order valence-corrected chi connectivity index (χ1v) is 7.53. The highest BCUT2D eigenvalue weighted by molar-refractivity contribution is 5.41. The van der Waals surface area contributed by atoms with E-state index in [1.165, 1.54) is 13.2 Å². The second-order valence-corrected chi connectivity index (χ2v) is 5.33. The maximum absolute atomic E-state index is 12.8. The normalized spacial score (nSPS) is 13.1. The summed E-state index contributed by atoms with van der Waals surface area (Å²) in [4.78, 5) is 0. The Kier molecular flexibility index (Phi) is 5.28. The van der Waals surface area contributed by atoms with Crippen LogP contribution in [-0.4, -0.2) is 22.1 Å². The number of rotatable bonds is 6. The lowest BCUT2D eigenvalue weighted by molar-refractivity contribution is -0.137. The summed E-state index contributed by atoms with van der Waals surface area (Å²) in [5.74, 6) is 0.281. The number of benzene rings is 1. The molecule has 0 aliphatic rings. The van der Waals surface area contributed by atoms with E-state index in [9.17, 15) is 13.2 Å². The van der Waals surface area contributed by atoms with Crippen molar-refractivity contribution < 1.29 is 17.9 Å². The average molecular weight is 327 g/mol. The van der Waals surface area contributed by atoms with Crippen molar-refractivity contribution in [1.82, 2.24) is 15.0 Å². The molecule has 23 heavy (non-hydrogen) atoms. The number of halogens is 3. The minimum atomic E-state index is -4.38. The van der Waals surface area contributed by atoms with Crippen LogP contribution < -0.4 is 4.74 Å². The summed E-state index contributed by atoms with van der Waals surface area (Å²) in [6.07, 6.45) is -1.14. The van der Waals surface area contributed by atoms with Crippen LogP contribution in [0.2, 0.25) is 0 Å². The molecule has 1 aromatic carbocycles. The highest BCUT2D eigenvalue weighted by Gasteiger charge is 2.31. The summed E-state index contributed by atoms with van der Waals surface area (Å²) >= 11 is 0. The first-order chi connectivity index (χ1) is 10.9. The van der Waals surface area contributed by atoms with E-state index in [-0.39, 0.29) is 11.7 Å². The van der Waals surface area contributed by atoms with E-state index in [1.807, 2.05) is 20.0 Å². The van der Waals surface area contributed by atoms with E-state index in [4.69, 9.17) is 4.74 Å². The van der Waals surface area contributed by atoms with E-state index in [0.29, 0.717) is 6.42 Å². The number of aromatic nitrogens is 3. The number of ether oxygens (including phenoxy) is 1. The molecule has 0 bridgehead atoms. The first-order valence-electron chi connectivity index (χ1n) is 7.53. The van der Waals surface area contributed by atoms with Gasteiger partial charge in [-0.3, -0.25) is 4.68 Å². The third-order valence-electron chi connectivity index (χ3n) is 3.86. The molecule has 0 aliphatic carbocycles. The third kappa shape index (κ3) is 4.03. The molecule has 1 aromatic heterocycles. The van der Waals surface area contributed by atoms with Crippen LogP contribution in [0.25, 0.3) is 0 Å². The zero-order chi connectivity index (χ0) is 17.0. The molecule has 126 valence electrons. The summed E-state index contributed by atoms with van der Waals surface area (Å²) in [5.41, 5.74) is 0.875. The number of methoxy groups -OCH3 is 1. The molecule has 0 saturated carbocycles. The fourth-order valence-corrected chi connectivity index (χ4v) is 2.54. The largest absolute Gasteiger partial charge is 0.496 e. The van der Waals surface area contributed by atoms with Crippen LogP contribution in [0.3, 0.4) is 0 Å². The second kappa shape index (κ2) is 7.02. The zero-order valence-corrected chi connectivity index (χ0v) is 13.4. The summed E-state index contributed by atoms with van der Waals surface area (Å²) in [5, 5.41) is 8.10. The molecule has 1 atom stereocenters. The van der Waals surface area contributed by atoms with E-state index in [2.05, 4.69) is 10.3 Å². The van der Waals surface area contributed by atoms with Crippen LogP contribution in [0.15, 0.2) is 24.4 Å². The van der Waals surface area contributed by atoms with Gasteiger partial charge in [0, 0.05) is 19.2 Å². The standard InChI is InChI=1S/C16H20F3N3O/c1-4-11(8-13-10-22(5-2)21-20-13)14-7-6-12(16(17,18)19)9-15(14)23-3/h6-7,9-11H,4-5,8H2,1-3H3. The van der Waals surface area contributed by atoms with Gasteiger partial charge in [0.05, 0.1) is 18.4 Å². The summed E-state index contributed by atoms with van der Waals surface area (Å²) in [7, 11) is 1.39. The molecule has 1 heterocycles. The molecule has 0 spiro atoms. The van der Waals surface area contributed by atoms with Crippen molar-refractivity contribution in [2.45, 2.75) is 45.3 Å². The first kappa shape index (κ1) is 17.3. The fourth-order valence-electron chi connectivity index (χ4n) is 2.54. The van der Waals surface area contributed by atoms with Gasteiger partial charge in [0.2, 0.25) is 0 Å². The summed E-state index contributed by atoms with van der Waals surface area (Å²) < 4.78 is 45.4. The van der Waals surface area contributed by atoms with Crippen molar-refractivity contribution in [3.8, 4) is 5.75 Å². The monoisotopic (exact) mass is 327 g/mol. The van der Waals surface area contributed by atoms with E-state index in [1.54, 1.807) is 4.68 Å². The topological polar surface area (TPSA) is 39.9 Å². The lowest BCUT2D eigenvalue weighted by Crippen LogP contribution is -2.09. The Morgan fingerprint density at radius 3 is 2.52 bits per heavy atom. The van der Waals surface area contributed by atoms with E-state index < -0.39 is 11.7 Å². The summed E-state index contributed by atoms with van der Waals surface area (Å²) in [6, 6.07) is 3.66. The smallest absolute Gasteiger partial charge is 0.416 e. The number of hydrogen-bond acceptors (Lipinski definition) is 3. The molecule has 0 amide bonds. The number of nitrogens with zero attached hydrogens (tertiary/aromatic N) is 3. The molecule has 0 N–H and O–H groups in total. The van der Waals surface area contributed by atoms with Gasteiger partial charge in [0.15, 0.2) is 0 Å². The van der Waals surface area contributed by atoms with Gasteiger partial charge >= 0.3 is 6.18 Å². The molecule has 0 fully saturated rings. The minimum Gasteiger partial charge on any atom is -0.496 e. The Morgan fingerprint density at radius 1 is 1.26 bits per heavy atom. The molecule has 2 rings (SSSR count). The molecule has 1 unspecified atom stereocenters. The Balaban J connectivity index is 2.29. The average Bonchev–Trinajstić information content (AvgIpc) is 2.99. The minimum absolute atomic E-state index is 0.0224. The van der Waals surface area contributed by atoms with Gasteiger partial charge in [0.1, 0.15) is 5.75 Å². The van der Waals surface area contributed by atoms with Crippen LogP contribution in [0.5, 0.6) is 5.75 Å². The number of hydrogen-bond donors (Lipinski definition) is 0. The van der Waals surface area contributed by atoms with Gasteiger partial charge in [-0.25, -0.2) is 0 Å². The van der Waals surface area contributed by atoms with Crippen molar-refractivity contribution in [2.75, 3.05) is 7.11 Å². The van der Waals surface area contributed by atoms with Gasteiger partial charge in [-0.2, -0.15) is 13.2 Å². The number of alkyl halides is 3. The molecular formula is C16H20F3N3O. The fraction of sp³-hybridized carbons (Fsp3) is 0.500. The predicted octanol–water partition coefficient (Wildman–Crippen LogP) is 4.06. The molecule has 0 radical (unpaired) electrons. The maximum atomic E-state index is 12.8. The molecule has 0 aliphatic heterocycles. The molecule has 4 nitrogen and oxygen atoms in total. The van der Waals surface area contributed by atoms with Gasteiger partial charge in [-0.15, -0.1) is 5.10 Å². The van der Waals surface area contributed by atoms with Gasteiger partial charge in [-0.05, 0) is 37.0 Å². The third-order valence-corrected chi connectivity index (χ3v) is 3.86. The van der Waals surface area contributed by atoms with Crippen LogP contribution in [0.1, 0.15) is 43.0 Å². The lowest BCUT2D eigenvalue weighted by Gasteiger charge is -2.19. The second-order valence-electron chi connectivity index (χ2n) is 5.33. The van der Waals surface area contributed by atoms with Crippen LogP contribution in [0, 0.1) is 0 Å². The molecule has 7 heteroatoms. The predicted molar refractivity (Wildman–Crippen MR) is 80.4 cm³/mol. The van der Waals surface area contributed by atoms with Gasteiger partial charge in [-0.1, -0.05) is 18.2 Å². The molecule has 0 saturated heterocycles. The van der Waals surface area contributed by atoms with E-state index >= 15 is 0 Å². The van der Waals surface area contributed by atoms with Crippen molar-refractivity contribution in [1.29, 1.82) is 0 Å². The van der Waals surface area contributed by atoms with E-state index in [0.717, 1.165) is 36.4 Å². The van der Waals surface area contributed by atoms with Crippen LogP contribution in [-0.2, 0) is 19.1 Å². The Hall–Kier alpha value is -2.05. The highest BCUT2D eigenvalue weighted by Crippen LogP contribution is 2.37. The Labute approximate surface area is 133 Å². The van der Waals surface area contributed by atoms with Crippen molar-refractivity contribution in [2.24, 2.45) is 0 Å². The Morgan fingerprint density at radius 2 is 2.00 bits per heavy atom.